The normalized spacial score (nSPS) is 13.9. The maximum Gasteiger partial charge on any atom is 0.338 e. The third kappa shape index (κ3) is 4.45. The van der Waals surface area contributed by atoms with Gasteiger partial charge in [0.25, 0.3) is 0 Å². The molecule has 0 unspecified atom stereocenters. The lowest BCUT2D eigenvalue weighted by molar-refractivity contribution is -0.125. The van der Waals surface area contributed by atoms with Crippen LogP contribution in [0.4, 0.5) is 0 Å². The van der Waals surface area contributed by atoms with E-state index in [0.717, 1.165) is 0 Å². The third-order valence-corrected chi connectivity index (χ3v) is 4.28. The number of rotatable bonds is 6. The smallest absolute Gasteiger partial charge is 0.338 e. The molecule has 0 radical (unpaired) electrons. The first kappa shape index (κ1) is 19.6. The largest absolute Gasteiger partial charge is 0.486 e. The van der Waals surface area contributed by atoms with Crippen LogP contribution >= 0.6 is 0 Å². The van der Waals surface area contributed by atoms with Crippen molar-refractivity contribution in [2.24, 2.45) is 0 Å². The van der Waals surface area contributed by atoms with Gasteiger partial charge in [-0.1, -0.05) is 0 Å². The van der Waals surface area contributed by atoms with Crippen LogP contribution in [-0.2, 0) is 14.3 Å². The molecule has 9 nitrogen and oxygen atoms in total. The molecule has 2 aliphatic heterocycles. The molecule has 2 heterocycles. The summed E-state index contributed by atoms with van der Waals surface area (Å²) in [6.07, 6.45) is 0. The lowest BCUT2D eigenvalue weighted by Gasteiger charge is -2.18. The Kier molecular flexibility index (Phi) is 5.69. The second-order valence-corrected chi connectivity index (χ2v) is 6.41. The molecule has 156 valence electrons. The zero-order valence-corrected chi connectivity index (χ0v) is 15.9. The molecule has 4 rings (SSSR count). The van der Waals surface area contributed by atoms with Crippen molar-refractivity contribution in [1.29, 1.82) is 0 Å². The van der Waals surface area contributed by atoms with Gasteiger partial charge in [0.1, 0.15) is 26.4 Å². The maximum atomic E-state index is 12.1. The van der Waals surface area contributed by atoms with Gasteiger partial charge < -0.3 is 28.4 Å². The number of carbonyl (C=O) groups excluding carboxylic acids is 3. The number of fused-ring (bicyclic) bond motifs is 2. The van der Waals surface area contributed by atoms with Gasteiger partial charge in [-0.15, -0.1) is 0 Å². The number of ketones is 1. The highest BCUT2D eigenvalue weighted by Crippen LogP contribution is 2.31. The summed E-state index contributed by atoms with van der Waals surface area (Å²) >= 11 is 0. The number of ether oxygens (including phenoxy) is 6. The Balaban J connectivity index is 1.26. The van der Waals surface area contributed by atoms with E-state index in [-0.39, 0.29) is 11.1 Å². The zero-order valence-electron chi connectivity index (χ0n) is 15.9. The number of carbonyl (C=O) groups is 3. The highest BCUT2D eigenvalue weighted by molar-refractivity contribution is 5.94. The quantitative estimate of drug-likeness (QED) is 0.654. The van der Waals surface area contributed by atoms with E-state index in [1.165, 1.54) is 24.3 Å². The molecule has 0 spiro atoms. The predicted molar refractivity (Wildman–Crippen MR) is 100 cm³/mol. The number of hydrogen-bond acceptors (Lipinski definition) is 9. The fraction of sp³-hybridized carbons (Fsp3) is 0.286. The molecule has 0 bridgehead atoms. The van der Waals surface area contributed by atoms with Gasteiger partial charge in [0.2, 0.25) is 5.78 Å². The van der Waals surface area contributed by atoms with E-state index in [2.05, 4.69) is 0 Å². The topological polar surface area (TPSA) is 107 Å². The van der Waals surface area contributed by atoms with E-state index in [4.69, 9.17) is 28.4 Å². The van der Waals surface area contributed by atoms with Crippen molar-refractivity contribution in [3.63, 3.8) is 0 Å². The zero-order chi connectivity index (χ0) is 20.9. The minimum Gasteiger partial charge on any atom is -0.486 e. The summed E-state index contributed by atoms with van der Waals surface area (Å²) < 4.78 is 31.5. The molecule has 0 N–H and O–H groups in total. The van der Waals surface area contributed by atoms with E-state index in [1.54, 1.807) is 12.1 Å². The first-order valence-electron chi connectivity index (χ1n) is 9.25. The van der Waals surface area contributed by atoms with Crippen LogP contribution in [0.15, 0.2) is 36.4 Å². The van der Waals surface area contributed by atoms with Crippen LogP contribution < -0.4 is 18.9 Å². The number of esters is 2. The molecule has 0 aliphatic carbocycles. The molecule has 2 aliphatic rings. The van der Waals surface area contributed by atoms with Gasteiger partial charge in [-0.2, -0.15) is 0 Å². The second-order valence-electron chi connectivity index (χ2n) is 6.41. The fourth-order valence-corrected chi connectivity index (χ4v) is 2.84. The van der Waals surface area contributed by atoms with E-state index in [9.17, 15) is 14.4 Å². The average molecular weight is 414 g/mol. The van der Waals surface area contributed by atoms with E-state index >= 15 is 0 Å². The van der Waals surface area contributed by atoms with Gasteiger partial charge in [-0.05, 0) is 36.4 Å². The molecule has 0 fully saturated rings. The van der Waals surface area contributed by atoms with Gasteiger partial charge in [-0.3, -0.25) is 4.79 Å². The minimum atomic E-state index is -0.696. The molecule has 0 amide bonds. The predicted octanol–water partition coefficient (Wildman–Crippen LogP) is 1.81. The van der Waals surface area contributed by atoms with Crippen molar-refractivity contribution < 1.29 is 42.8 Å². The molecule has 30 heavy (non-hydrogen) atoms. The summed E-state index contributed by atoms with van der Waals surface area (Å²) in [5, 5.41) is 0. The summed E-state index contributed by atoms with van der Waals surface area (Å²) in [4.78, 5) is 36.2. The van der Waals surface area contributed by atoms with Gasteiger partial charge in [-0.25, -0.2) is 9.59 Å². The van der Waals surface area contributed by atoms with Crippen LogP contribution in [0.5, 0.6) is 23.0 Å². The molecule has 0 aromatic heterocycles. The fourth-order valence-electron chi connectivity index (χ4n) is 2.84. The van der Waals surface area contributed by atoms with Crippen molar-refractivity contribution in [3.8, 4) is 23.0 Å². The van der Waals surface area contributed by atoms with Gasteiger partial charge in [0.05, 0.1) is 11.1 Å². The molecule has 2 aromatic rings. The van der Waals surface area contributed by atoms with Crippen LogP contribution in [0.3, 0.4) is 0 Å². The van der Waals surface area contributed by atoms with E-state index < -0.39 is 30.9 Å². The Morgan fingerprint density at radius 2 is 1.03 bits per heavy atom. The van der Waals surface area contributed by atoms with Crippen molar-refractivity contribution in [1.82, 2.24) is 0 Å². The van der Waals surface area contributed by atoms with E-state index in [0.29, 0.717) is 49.4 Å². The molecular weight excluding hydrogens is 396 g/mol. The Hall–Kier alpha value is -3.75. The highest BCUT2D eigenvalue weighted by atomic mass is 16.6. The standard InChI is InChI=1S/C21H18O9/c22-15(11-29-20(23)13-1-3-16-18(9-13)27-7-5-25-16)12-30-21(24)14-2-4-17-19(10-14)28-8-6-26-17/h1-4,9-10H,5-8,11-12H2. The van der Waals surface area contributed by atoms with Crippen LogP contribution in [0.1, 0.15) is 20.7 Å². The summed E-state index contributed by atoms with van der Waals surface area (Å²) in [6, 6.07) is 9.21. The highest BCUT2D eigenvalue weighted by Gasteiger charge is 2.19. The van der Waals surface area contributed by atoms with Gasteiger partial charge in [0.15, 0.2) is 36.2 Å². The molecule has 2 aromatic carbocycles. The van der Waals surface area contributed by atoms with Crippen LogP contribution in [0.25, 0.3) is 0 Å². The second kappa shape index (κ2) is 8.73. The molecular formula is C21H18O9. The van der Waals surface area contributed by atoms with Crippen molar-refractivity contribution in [2.75, 3.05) is 39.6 Å². The average Bonchev–Trinajstić information content (AvgIpc) is 2.80. The van der Waals surface area contributed by atoms with Crippen LogP contribution in [-0.4, -0.2) is 57.4 Å². The van der Waals surface area contributed by atoms with Crippen molar-refractivity contribution >= 4 is 17.7 Å². The Labute approximate surface area is 171 Å². The summed E-state index contributed by atoms with van der Waals surface area (Å²) in [6.45, 7) is 0.605. The monoisotopic (exact) mass is 414 g/mol. The molecule has 0 saturated carbocycles. The van der Waals surface area contributed by atoms with Crippen LogP contribution in [0.2, 0.25) is 0 Å². The Morgan fingerprint density at radius 1 is 0.633 bits per heavy atom. The van der Waals surface area contributed by atoms with Crippen LogP contribution in [0, 0.1) is 0 Å². The molecule has 9 heteroatoms. The van der Waals surface area contributed by atoms with E-state index in [1.807, 2.05) is 0 Å². The summed E-state index contributed by atoms with van der Waals surface area (Å²) in [5.41, 5.74) is 0.445. The number of hydrogen-bond donors (Lipinski definition) is 0. The molecule has 0 saturated heterocycles. The van der Waals surface area contributed by atoms with Gasteiger partial charge >= 0.3 is 11.9 Å². The first-order valence-corrected chi connectivity index (χ1v) is 9.25. The number of benzene rings is 2. The minimum absolute atomic E-state index is 0.223. The summed E-state index contributed by atoms with van der Waals surface area (Å²) in [7, 11) is 0. The lowest BCUT2D eigenvalue weighted by Crippen LogP contribution is -2.21. The maximum absolute atomic E-state index is 12.1. The first-order chi connectivity index (χ1) is 14.6. The Morgan fingerprint density at radius 3 is 1.47 bits per heavy atom. The lowest BCUT2D eigenvalue weighted by atomic mass is 10.2. The SMILES string of the molecule is O=C(COC(=O)c1ccc2c(c1)OCCO2)COC(=O)c1ccc2c(c1)OCCO2. The van der Waals surface area contributed by atoms with Crippen molar-refractivity contribution in [3.05, 3.63) is 47.5 Å². The molecule has 0 atom stereocenters. The van der Waals surface area contributed by atoms with Gasteiger partial charge in [0, 0.05) is 0 Å². The number of Topliss-reactive ketones (excluding diaryl/α,β-unsaturated/α-hetero) is 1. The van der Waals surface area contributed by atoms with Crippen molar-refractivity contribution in [2.45, 2.75) is 0 Å². The third-order valence-electron chi connectivity index (χ3n) is 4.28. The summed E-state index contributed by atoms with van der Waals surface area (Å²) in [5.74, 6) is 0.00869. The Bertz CT molecular complexity index is 905.